The highest BCUT2D eigenvalue weighted by atomic mass is 32.2. The maximum atomic E-state index is 12.3. The summed E-state index contributed by atoms with van der Waals surface area (Å²) in [6, 6.07) is 19.5. The average molecular weight is 368 g/mol. The van der Waals surface area contributed by atoms with Gasteiger partial charge in [0, 0.05) is 11.6 Å². The van der Waals surface area contributed by atoms with Crippen molar-refractivity contribution in [2.45, 2.75) is 17.9 Å². The number of anilines is 1. The second kappa shape index (κ2) is 7.17. The highest BCUT2D eigenvalue weighted by molar-refractivity contribution is 7.90. The molecule has 2 N–H and O–H groups in total. The Morgan fingerprint density at radius 2 is 1.58 bits per heavy atom. The molecule has 26 heavy (non-hydrogen) atoms. The molecular weight excluding hydrogens is 348 g/mol. The van der Waals surface area contributed by atoms with Crippen LogP contribution in [0.2, 0.25) is 0 Å². The maximum Gasteiger partial charge on any atom is 0.319 e. The quantitative estimate of drug-likeness (QED) is 0.727. The number of hydrogen-bond acceptors (Lipinski definition) is 3. The summed E-state index contributed by atoms with van der Waals surface area (Å²) < 4.78 is 23.0. The van der Waals surface area contributed by atoms with E-state index in [0.717, 1.165) is 22.0 Å². The summed E-state index contributed by atoms with van der Waals surface area (Å²) in [7, 11) is -3.23. The molecule has 0 radical (unpaired) electrons. The number of urea groups is 1. The average Bonchev–Trinajstić information content (AvgIpc) is 2.61. The zero-order valence-corrected chi connectivity index (χ0v) is 15.4. The Morgan fingerprint density at radius 1 is 0.923 bits per heavy atom. The zero-order valence-electron chi connectivity index (χ0n) is 14.6. The van der Waals surface area contributed by atoms with Crippen LogP contribution >= 0.6 is 0 Å². The topological polar surface area (TPSA) is 75.3 Å². The SMILES string of the molecule is C[C@H](NC(=O)Nc1cccc2ccccc12)c1ccc(S(C)(=O)=O)cc1. The van der Waals surface area contributed by atoms with Crippen LogP contribution in [0.5, 0.6) is 0 Å². The minimum atomic E-state index is -3.23. The zero-order chi connectivity index (χ0) is 18.7. The van der Waals surface area contributed by atoms with Crippen LogP contribution in [0.25, 0.3) is 10.8 Å². The lowest BCUT2D eigenvalue weighted by molar-refractivity contribution is 0.249. The van der Waals surface area contributed by atoms with Crippen molar-refractivity contribution >= 4 is 32.3 Å². The monoisotopic (exact) mass is 368 g/mol. The third-order valence-electron chi connectivity index (χ3n) is 4.19. The van der Waals surface area contributed by atoms with Gasteiger partial charge in [-0.3, -0.25) is 0 Å². The molecule has 0 fully saturated rings. The number of carbonyl (C=O) groups is 1. The molecule has 3 aromatic rings. The third-order valence-corrected chi connectivity index (χ3v) is 5.32. The molecular formula is C20H20N2O3S. The predicted molar refractivity (Wildman–Crippen MR) is 104 cm³/mol. The van der Waals surface area contributed by atoms with Gasteiger partial charge in [0.05, 0.1) is 16.6 Å². The van der Waals surface area contributed by atoms with Crippen LogP contribution in [-0.4, -0.2) is 20.7 Å². The highest BCUT2D eigenvalue weighted by Crippen LogP contribution is 2.23. The van der Waals surface area contributed by atoms with Crippen LogP contribution in [-0.2, 0) is 9.84 Å². The molecule has 3 aromatic carbocycles. The smallest absolute Gasteiger partial charge is 0.319 e. The fourth-order valence-corrected chi connectivity index (χ4v) is 3.41. The molecule has 2 amide bonds. The van der Waals surface area contributed by atoms with E-state index in [9.17, 15) is 13.2 Å². The summed E-state index contributed by atoms with van der Waals surface area (Å²) in [6.07, 6.45) is 1.17. The fraction of sp³-hybridized carbons (Fsp3) is 0.150. The lowest BCUT2D eigenvalue weighted by Gasteiger charge is -2.16. The van der Waals surface area contributed by atoms with E-state index in [-0.39, 0.29) is 17.0 Å². The first kappa shape index (κ1) is 17.9. The molecule has 1 atom stereocenters. The van der Waals surface area contributed by atoms with Gasteiger partial charge in [-0.1, -0.05) is 48.5 Å². The molecule has 5 nitrogen and oxygen atoms in total. The number of nitrogens with one attached hydrogen (secondary N) is 2. The van der Waals surface area contributed by atoms with Gasteiger partial charge in [0.25, 0.3) is 0 Å². The third kappa shape index (κ3) is 4.03. The van der Waals surface area contributed by atoms with Crippen molar-refractivity contribution in [1.82, 2.24) is 5.32 Å². The van der Waals surface area contributed by atoms with Crippen molar-refractivity contribution in [3.8, 4) is 0 Å². The van der Waals surface area contributed by atoms with Gasteiger partial charge in [-0.05, 0) is 36.1 Å². The second-order valence-corrected chi connectivity index (χ2v) is 8.20. The molecule has 0 saturated heterocycles. The van der Waals surface area contributed by atoms with Crippen LogP contribution in [0.3, 0.4) is 0 Å². The molecule has 134 valence electrons. The lowest BCUT2D eigenvalue weighted by Crippen LogP contribution is -2.31. The molecule has 0 bridgehead atoms. The van der Waals surface area contributed by atoms with Crippen molar-refractivity contribution in [2.75, 3.05) is 11.6 Å². The number of sulfone groups is 1. The molecule has 0 aliphatic heterocycles. The molecule has 0 aliphatic carbocycles. The number of rotatable bonds is 4. The van der Waals surface area contributed by atoms with E-state index in [4.69, 9.17) is 0 Å². The first-order valence-electron chi connectivity index (χ1n) is 8.20. The van der Waals surface area contributed by atoms with Crippen LogP contribution < -0.4 is 10.6 Å². The van der Waals surface area contributed by atoms with Gasteiger partial charge >= 0.3 is 6.03 Å². The summed E-state index contributed by atoms with van der Waals surface area (Å²) in [5, 5.41) is 7.76. The molecule has 3 rings (SSSR count). The molecule has 6 heteroatoms. The van der Waals surface area contributed by atoms with Crippen LogP contribution in [0.4, 0.5) is 10.5 Å². The van der Waals surface area contributed by atoms with E-state index in [1.807, 2.05) is 49.4 Å². The summed E-state index contributed by atoms with van der Waals surface area (Å²) >= 11 is 0. The highest BCUT2D eigenvalue weighted by Gasteiger charge is 2.12. The Hall–Kier alpha value is -2.86. The van der Waals surface area contributed by atoms with Gasteiger partial charge in [0.2, 0.25) is 0 Å². The van der Waals surface area contributed by atoms with Gasteiger partial charge < -0.3 is 10.6 Å². The Bertz CT molecular complexity index is 1040. The van der Waals surface area contributed by atoms with E-state index in [1.165, 1.54) is 6.26 Å². The largest absolute Gasteiger partial charge is 0.331 e. The van der Waals surface area contributed by atoms with Crippen molar-refractivity contribution in [2.24, 2.45) is 0 Å². The van der Waals surface area contributed by atoms with E-state index >= 15 is 0 Å². The van der Waals surface area contributed by atoms with Crippen LogP contribution in [0.1, 0.15) is 18.5 Å². The molecule has 0 spiro atoms. The molecule has 0 saturated carbocycles. The van der Waals surface area contributed by atoms with Crippen molar-refractivity contribution in [1.29, 1.82) is 0 Å². The van der Waals surface area contributed by atoms with Gasteiger partial charge in [-0.15, -0.1) is 0 Å². The van der Waals surface area contributed by atoms with Crippen molar-refractivity contribution in [3.05, 3.63) is 72.3 Å². The normalized spacial score (nSPS) is 12.5. The minimum Gasteiger partial charge on any atom is -0.331 e. The summed E-state index contributed by atoms with van der Waals surface area (Å²) in [4.78, 5) is 12.6. The van der Waals surface area contributed by atoms with Gasteiger partial charge in [-0.25, -0.2) is 13.2 Å². The number of benzene rings is 3. The maximum absolute atomic E-state index is 12.3. The number of amides is 2. The standard InChI is InChI=1S/C20H20N2O3S/c1-14(15-10-12-17(13-11-15)26(2,24)25)21-20(23)22-19-9-5-7-16-6-3-4-8-18(16)19/h3-14H,1-2H3,(H2,21,22,23)/t14-/m0/s1. The van der Waals surface area contributed by atoms with Crippen LogP contribution in [0.15, 0.2) is 71.6 Å². The summed E-state index contributed by atoms with van der Waals surface area (Å²) in [5.74, 6) is 0. The number of carbonyl (C=O) groups excluding carboxylic acids is 1. The Labute approximate surface area is 153 Å². The summed E-state index contributed by atoms with van der Waals surface area (Å²) in [5.41, 5.74) is 1.56. The van der Waals surface area contributed by atoms with E-state index in [1.54, 1.807) is 24.3 Å². The van der Waals surface area contributed by atoms with Crippen LogP contribution in [0, 0.1) is 0 Å². The minimum absolute atomic E-state index is 0.258. The fourth-order valence-electron chi connectivity index (χ4n) is 2.78. The van der Waals surface area contributed by atoms with Gasteiger partial charge in [-0.2, -0.15) is 0 Å². The van der Waals surface area contributed by atoms with Crippen molar-refractivity contribution in [3.63, 3.8) is 0 Å². The molecule has 0 heterocycles. The Morgan fingerprint density at radius 3 is 2.27 bits per heavy atom. The second-order valence-electron chi connectivity index (χ2n) is 6.19. The first-order valence-corrected chi connectivity index (χ1v) is 10.1. The number of hydrogen-bond donors (Lipinski definition) is 2. The van der Waals surface area contributed by atoms with E-state index in [0.29, 0.717) is 0 Å². The van der Waals surface area contributed by atoms with Crippen molar-refractivity contribution < 1.29 is 13.2 Å². The van der Waals surface area contributed by atoms with Gasteiger partial charge in [0.1, 0.15) is 0 Å². The Balaban J connectivity index is 1.71. The van der Waals surface area contributed by atoms with E-state index < -0.39 is 9.84 Å². The molecule has 0 aromatic heterocycles. The molecule has 0 aliphatic rings. The predicted octanol–water partition coefficient (Wildman–Crippen LogP) is 4.13. The van der Waals surface area contributed by atoms with E-state index in [2.05, 4.69) is 10.6 Å². The first-order chi connectivity index (χ1) is 12.3. The van der Waals surface area contributed by atoms with Gasteiger partial charge in [0.15, 0.2) is 9.84 Å². The Kier molecular flexibility index (Phi) is 4.95. The summed E-state index contributed by atoms with van der Waals surface area (Å²) in [6.45, 7) is 1.85. The lowest BCUT2D eigenvalue weighted by atomic mass is 10.1. The molecule has 0 unspecified atom stereocenters. The number of fused-ring (bicyclic) bond motifs is 1.